The summed E-state index contributed by atoms with van der Waals surface area (Å²) in [4.78, 5) is 4.92. The van der Waals surface area contributed by atoms with Crippen molar-refractivity contribution in [1.82, 2.24) is 9.80 Å². The zero-order valence-electron chi connectivity index (χ0n) is 11.8. The van der Waals surface area contributed by atoms with Gasteiger partial charge < -0.3 is 10.0 Å². The average Bonchev–Trinajstić information content (AvgIpc) is 2.35. The molecular weight excluding hydrogens is 226 g/mol. The zero-order chi connectivity index (χ0) is 13.4. The summed E-state index contributed by atoms with van der Waals surface area (Å²) in [5.74, 6) is 0. The lowest BCUT2D eigenvalue weighted by atomic mass is 10.1. The third-order valence-corrected chi connectivity index (χ3v) is 3.67. The van der Waals surface area contributed by atoms with Crippen molar-refractivity contribution < 1.29 is 5.11 Å². The van der Waals surface area contributed by atoms with Crippen molar-refractivity contribution in [3.05, 3.63) is 0 Å². The van der Waals surface area contributed by atoms with Gasteiger partial charge >= 0.3 is 0 Å². The lowest BCUT2D eigenvalue weighted by Gasteiger charge is -2.41. The topological polar surface area (TPSA) is 50.5 Å². The number of piperazine rings is 1. The molecule has 0 unspecified atom stereocenters. The van der Waals surface area contributed by atoms with Crippen molar-refractivity contribution in [2.24, 2.45) is 0 Å². The molecule has 1 saturated heterocycles. The molecule has 0 amide bonds. The Hall–Kier alpha value is -0.630. The van der Waals surface area contributed by atoms with E-state index in [2.05, 4.69) is 22.8 Å². The number of unbranched alkanes of at least 4 members (excludes halogenated alkanes) is 2. The molecule has 1 N–H and O–H groups in total. The second-order valence-electron chi connectivity index (χ2n) is 5.32. The minimum Gasteiger partial charge on any atom is -0.392 e. The fourth-order valence-corrected chi connectivity index (χ4v) is 2.67. The van der Waals surface area contributed by atoms with Crippen LogP contribution in [0.5, 0.6) is 0 Å². The number of β-amino-alcohol motifs (C(OH)–C–C–N with tert-alkyl or cyclic N) is 1. The Morgan fingerprint density at radius 1 is 1.39 bits per heavy atom. The Balaban J connectivity index is 2.29. The van der Waals surface area contributed by atoms with Crippen LogP contribution in [0, 0.1) is 11.3 Å². The van der Waals surface area contributed by atoms with Gasteiger partial charge in [-0.15, -0.1) is 0 Å². The quantitative estimate of drug-likeness (QED) is 0.698. The van der Waals surface area contributed by atoms with E-state index in [1.807, 2.05) is 6.92 Å². The van der Waals surface area contributed by atoms with Crippen LogP contribution in [0.1, 0.15) is 39.5 Å². The van der Waals surface area contributed by atoms with E-state index in [4.69, 9.17) is 5.26 Å². The van der Waals surface area contributed by atoms with Gasteiger partial charge in [-0.25, -0.2) is 0 Å². The van der Waals surface area contributed by atoms with Crippen LogP contribution >= 0.6 is 0 Å². The number of rotatable bonds is 7. The normalized spacial score (nSPS) is 23.8. The second-order valence-corrected chi connectivity index (χ2v) is 5.32. The van der Waals surface area contributed by atoms with Crippen LogP contribution in [-0.2, 0) is 0 Å². The van der Waals surface area contributed by atoms with Crippen LogP contribution in [0.3, 0.4) is 0 Å². The highest BCUT2D eigenvalue weighted by Crippen LogP contribution is 2.14. The van der Waals surface area contributed by atoms with Gasteiger partial charge in [-0.1, -0.05) is 6.92 Å². The summed E-state index contributed by atoms with van der Waals surface area (Å²) in [6.07, 6.45) is 3.73. The molecule has 0 aromatic rings. The summed E-state index contributed by atoms with van der Waals surface area (Å²) < 4.78 is 0. The van der Waals surface area contributed by atoms with Crippen molar-refractivity contribution in [1.29, 1.82) is 5.26 Å². The molecule has 1 heterocycles. The molecule has 2 atom stereocenters. The van der Waals surface area contributed by atoms with Crippen molar-refractivity contribution >= 4 is 0 Å². The van der Waals surface area contributed by atoms with Gasteiger partial charge in [0.25, 0.3) is 0 Å². The van der Waals surface area contributed by atoms with Crippen molar-refractivity contribution in [3.8, 4) is 6.07 Å². The summed E-state index contributed by atoms with van der Waals surface area (Å²) in [6, 6.07) is 2.77. The van der Waals surface area contributed by atoms with Crippen LogP contribution in [0.25, 0.3) is 0 Å². The zero-order valence-corrected chi connectivity index (χ0v) is 11.8. The second kappa shape index (κ2) is 8.47. The fourth-order valence-electron chi connectivity index (χ4n) is 2.67. The number of hydrogen-bond donors (Lipinski definition) is 1. The first kappa shape index (κ1) is 15.4. The van der Waals surface area contributed by atoms with E-state index < -0.39 is 0 Å². The van der Waals surface area contributed by atoms with E-state index in [9.17, 15) is 5.11 Å². The van der Waals surface area contributed by atoms with Gasteiger partial charge in [-0.3, -0.25) is 4.90 Å². The maximum Gasteiger partial charge on any atom is 0.0639 e. The van der Waals surface area contributed by atoms with Crippen molar-refractivity contribution in [2.45, 2.75) is 51.7 Å². The number of aliphatic hydroxyl groups excluding tert-OH is 1. The first-order valence-electron chi connectivity index (χ1n) is 7.18. The SMILES string of the molecule is CC[C@H]1CN(CCCCC#N)CCN1C[C@@H](C)O. The van der Waals surface area contributed by atoms with Crippen molar-refractivity contribution in [2.75, 3.05) is 32.7 Å². The van der Waals surface area contributed by atoms with E-state index in [-0.39, 0.29) is 6.10 Å². The highest BCUT2D eigenvalue weighted by atomic mass is 16.3. The minimum atomic E-state index is -0.235. The predicted molar refractivity (Wildman–Crippen MR) is 73.2 cm³/mol. The molecule has 104 valence electrons. The van der Waals surface area contributed by atoms with Crippen LogP contribution in [0.2, 0.25) is 0 Å². The molecule has 18 heavy (non-hydrogen) atoms. The molecular formula is C14H27N3O. The Morgan fingerprint density at radius 3 is 2.78 bits per heavy atom. The molecule has 1 aliphatic rings. The summed E-state index contributed by atoms with van der Waals surface area (Å²) in [5, 5.41) is 18.0. The largest absolute Gasteiger partial charge is 0.392 e. The molecule has 1 rings (SSSR count). The number of nitrogens with zero attached hydrogens (tertiary/aromatic N) is 3. The third kappa shape index (κ3) is 5.34. The highest BCUT2D eigenvalue weighted by Gasteiger charge is 2.25. The Labute approximate surface area is 111 Å². The molecule has 1 fully saturated rings. The molecule has 0 bridgehead atoms. The standard InChI is InChI=1S/C14H27N3O/c1-3-14-12-16(8-6-4-5-7-15)9-10-17(14)11-13(2)18/h13-14,18H,3-6,8-12H2,1-2H3/t13-,14+/m1/s1. The van der Waals surface area contributed by atoms with Crippen LogP contribution in [0.15, 0.2) is 0 Å². The summed E-state index contributed by atoms with van der Waals surface area (Å²) in [7, 11) is 0. The van der Waals surface area contributed by atoms with Crippen LogP contribution in [-0.4, -0.2) is 59.8 Å². The smallest absolute Gasteiger partial charge is 0.0639 e. The van der Waals surface area contributed by atoms with E-state index in [0.29, 0.717) is 12.5 Å². The number of hydrogen-bond acceptors (Lipinski definition) is 4. The lowest BCUT2D eigenvalue weighted by Crippen LogP contribution is -2.54. The van der Waals surface area contributed by atoms with Gasteiger partial charge in [0.2, 0.25) is 0 Å². The molecule has 0 aromatic carbocycles. The van der Waals surface area contributed by atoms with E-state index in [0.717, 1.165) is 52.0 Å². The minimum absolute atomic E-state index is 0.235. The van der Waals surface area contributed by atoms with Gasteiger partial charge in [0, 0.05) is 38.6 Å². The molecule has 4 heteroatoms. The Kier molecular flexibility index (Phi) is 7.26. The molecule has 0 aliphatic carbocycles. The Bertz CT molecular complexity index is 262. The van der Waals surface area contributed by atoms with Crippen LogP contribution < -0.4 is 0 Å². The molecule has 0 spiro atoms. The van der Waals surface area contributed by atoms with Crippen molar-refractivity contribution in [3.63, 3.8) is 0 Å². The molecule has 0 radical (unpaired) electrons. The monoisotopic (exact) mass is 253 g/mol. The number of nitriles is 1. The van der Waals surface area contributed by atoms with Gasteiger partial charge in [0.15, 0.2) is 0 Å². The molecule has 4 nitrogen and oxygen atoms in total. The Morgan fingerprint density at radius 2 is 2.17 bits per heavy atom. The van der Waals surface area contributed by atoms with E-state index in [1.54, 1.807) is 0 Å². The molecule has 0 aromatic heterocycles. The fraction of sp³-hybridized carbons (Fsp3) is 0.929. The summed E-state index contributed by atoms with van der Waals surface area (Å²) in [5.41, 5.74) is 0. The number of aliphatic hydroxyl groups is 1. The van der Waals surface area contributed by atoms with E-state index in [1.165, 1.54) is 0 Å². The average molecular weight is 253 g/mol. The van der Waals surface area contributed by atoms with Gasteiger partial charge in [-0.2, -0.15) is 5.26 Å². The van der Waals surface area contributed by atoms with Gasteiger partial charge in [0.1, 0.15) is 0 Å². The molecule has 0 saturated carbocycles. The lowest BCUT2D eigenvalue weighted by molar-refractivity contribution is 0.0362. The van der Waals surface area contributed by atoms with Gasteiger partial charge in [0.05, 0.1) is 12.2 Å². The summed E-state index contributed by atoms with van der Waals surface area (Å²) >= 11 is 0. The predicted octanol–water partition coefficient (Wildman–Crippen LogP) is 1.46. The summed E-state index contributed by atoms with van der Waals surface area (Å²) in [6.45, 7) is 9.24. The van der Waals surface area contributed by atoms with E-state index >= 15 is 0 Å². The molecule has 1 aliphatic heterocycles. The maximum absolute atomic E-state index is 9.50. The maximum atomic E-state index is 9.50. The highest BCUT2D eigenvalue weighted by molar-refractivity contribution is 4.82. The first-order valence-corrected chi connectivity index (χ1v) is 7.18. The first-order chi connectivity index (χ1) is 8.67. The third-order valence-electron chi connectivity index (χ3n) is 3.67. The van der Waals surface area contributed by atoms with Crippen LogP contribution in [0.4, 0.5) is 0 Å². The van der Waals surface area contributed by atoms with Gasteiger partial charge in [-0.05, 0) is 32.7 Å².